The molecule has 0 rings (SSSR count). The molecule has 0 aliphatic heterocycles. The normalized spacial score (nSPS) is 18.0. The fraction of sp³-hybridized carbons (Fsp3) is 1.00. The highest BCUT2D eigenvalue weighted by Crippen LogP contribution is 2.63. The van der Waals surface area contributed by atoms with Crippen molar-refractivity contribution in [2.45, 2.75) is 64.0 Å². The Hall–Kier alpha value is -0.283. The van der Waals surface area contributed by atoms with Crippen LogP contribution in [-0.2, 0) is 8.85 Å². The molecule has 0 aliphatic rings. The van der Waals surface area contributed by atoms with Crippen LogP contribution < -0.4 is 0 Å². The number of alkyl halides is 6. The van der Waals surface area contributed by atoms with Crippen LogP contribution in [0.1, 0.15) is 41.5 Å². The number of halogens is 6. The van der Waals surface area contributed by atoms with Crippen LogP contribution in [0.2, 0.25) is 10.1 Å². The van der Waals surface area contributed by atoms with E-state index in [9.17, 15) is 26.3 Å². The van der Waals surface area contributed by atoms with E-state index >= 15 is 0 Å². The molecule has 0 bridgehead atoms. The van der Waals surface area contributed by atoms with E-state index in [1.54, 1.807) is 0 Å². The molecule has 0 spiro atoms. The third kappa shape index (κ3) is 3.71. The van der Waals surface area contributed by atoms with Gasteiger partial charge in [0, 0.05) is 24.3 Å². The summed E-state index contributed by atoms with van der Waals surface area (Å²) < 4.78 is 90.3. The molecule has 23 heavy (non-hydrogen) atoms. The van der Waals surface area contributed by atoms with E-state index in [-0.39, 0.29) is 0 Å². The van der Waals surface area contributed by atoms with Gasteiger partial charge in [-0.2, -0.15) is 26.3 Å². The minimum Gasteiger partial charge on any atom is -0.397 e. The highest BCUT2D eigenvalue weighted by atomic mass is 28.4. The fourth-order valence-corrected chi connectivity index (χ4v) is 8.75. The summed E-state index contributed by atoms with van der Waals surface area (Å²) in [4.78, 5) is 0. The summed E-state index contributed by atoms with van der Waals surface area (Å²) in [7, 11) is -1.72. The maximum atomic E-state index is 13.3. The zero-order chi connectivity index (χ0) is 19.1. The van der Waals surface area contributed by atoms with Crippen molar-refractivity contribution in [2.75, 3.05) is 14.2 Å². The first-order chi connectivity index (χ1) is 9.93. The zero-order valence-electron chi connectivity index (χ0n) is 14.7. The SMILES string of the molecule is CO[Si](OC)(C(C)(C)C(C)C(F)(F)F)C(C)(C)C(C)C(F)(F)F. The van der Waals surface area contributed by atoms with Crippen LogP contribution in [0.5, 0.6) is 0 Å². The zero-order valence-corrected chi connectivity index (χ0v) is 15.7. The first kappa shape index (κ1) is 22.7. The highest BCUT2D eigenvalue weighted by molar-refractivity contribution is 6.73. The lowest BCUT2D eigenvalue weighted by Crippen LogP contribution is -2.64. The van der Waals surface area contributed by atoms with Crippen molar-refractivity contribution in [1.82, 2.24) is 0 Å². The molecule has 0 aromatic carbocycles. The van der Waals surface area contributed by atoms with Crippen LogP contribution in [0, 0.1) is 11.8 Å². The average Bonchev–Trinajstić information content (AvgIpc) is 2.36. The molecule has 9 heteroatoms. The molecule has 0 radical (unpaired) electrons. The molecule has 0 saturated carbocycles. The fourth-order valence-electron chi connectivity index (χ4n) is 3.35. The summed E-state index contributed by atoms with van der Waals surface area (Å²) in [5.74, 6) is -3.78. The summed E-state index contributed by atoms with van der Waals surface area (Å²) in [5, 5.41) is -3.28. The largest absolute Gasteiger partial charge is 0.397 e. The minimum atomic E-state index is -4.57. The lowest BCUT2D eigenvalue weighted by molar-refractivity contribution is -0.188. The molecule has 0 saturated heterocycles. The van der Waals surface area contributed by atoms with Gasteiger partial charge in [0.2, 0.25) is 0 Å². The van der Waals surface area contributed by atoms with Gasteiger partial charge in [-0.05, 0) is 0 Å². The van der Waals surface area contributed by atoms with Gasteiger partial charge in [0.25, 0.3) is 0 Å². The van der Waals surface area contributed by atoms with E-state index in [0.29, 0.717) is 0 Å². The summed E-state index contributed by atoms with van der Waals surface area (Å²) in [6, 6.07) is 0. The predicted octanol–water partition coefficient (Wildman–Crippen LogP) is 5.68. The Morgan fingerprint density at radius 3 is 1.00 bits per heavy atom. The van der Waals surface area contributed by atoms with E-state index in [1.165, 1.54) is 27.7 Å². The van der Waals surface area contributed by atoms with Gasteiger partial charge in [0.1, 0.15) is 0 Å². The molecule has 0 N–H and O–H groups in total. The molecule has 0 heterocycles. The van der Waals surface area contributed by atoms with E-state index in [4.69, 9.17) is 8.85 Å². The lowest BCUT2D eigenvalue weighted by Gasteiger charge is -2.54. The minimum absolute atomic E-state index is 0.953. The van der Waals surface area contributed by atoms with Crippen molar-refractivity contribution in [3.05, 3.63) is 0 Å². The first-order valence-corrected chi connectivity index (χ1v) is 8.98. The van der Waals surface area contributed by atoms with Crippen molar-refractivity contribution in [3.8, 4) is 0 Å². The van der Waals surface area contributed by atoms with Crippen molar-refractivity contribution < 1.29 is 35.2 Å². The van der Waals surface area contributed by atoms with Gasteiger partial charge in [-0.1, -0.05) is 41.5 Å². The lowest BCUT2D eigenvalue weighted by atomic mass is 9.94. The van der Waals surface area contributed by atoms with Crippen molar-refractivity contribution in [2.24, 2.45) is 11.8 Å². The Bertz CT molecular complexity index is 365. The molecule has 0 amide bonds. The third-order valence-corrected chi connectivity index (χ3v) is 10.8. The van der Waals surface area contributed by atoms with E-state index in [2.05, 4.69) is 0 Å². The average molecular weight is 368 g/mol. The topological polar surface area (TPSA) is 18.5 Å². The van der Waals surface area contributed by atoms with Crippen molar-refractivity contribution in [3.63, 3.8) is 0 Å². The molecule has 0 aliphatic carbocycles. The second-order valence-corrected chi connectivity index (χ2v) is 11.6. The van der Waals surface area contributed by atoms with Crippen LogP contribution in [0.25, 0.3) is 0 Å². The van der Waals surface area contributed by atoms with Gasteiger partial charge < -0.3 is 8.85 Å². The number of hydrogen-bond donors (Lipinski definition) is 0. The van der Waals surface area contributed by atoms with Crippen LogP contribution in [-0.4, -0.2) is 35.1 Å². The third-order valence-electron chi connectivity index (χ3n) is 5.42. The van der Waals surface area contributed by atoms with Gasteiger partial charge in [-0.15, -0.1) is 0 Å². The number of hydrogen-bond acceptors (Lipinski definition) is 2. The Morgan fingerprint density at radius 2 is 0.870 bits per heavy atom. The quantitative estimate of drug-likeness (QED) is 0.444. The predicted molar refractivity (Wildman–Crippen MR) is 78.3 cm³/mol. The first-order valence-electron chi connectivity index (χ1n) is 7.17. The highest BCUT2D eigenvalue weighted by Gasteiger charge is 2.70. The van der Waals surface area contributed by atoms with Gasteiger partial charge in [-0.25, -0.2) is 0 Å². The smallest absolute Gasteiger partial charge is 0.391 e. The Balaban J connectivity index is 6.31. The van der Waals surface area contributed by atoms with Gasteiger partial charge in [0.15, 0.2) is 0 Å². The van der Waals surface area contributed by atoms with Crippen molar-refractivity contribution in [1.29, 1.82) is 0 Å². The Kier molecular flexibility index (Phi) is 6.47. The molecule has 0 aromatic heterocycles. The van der Waals surface area contributed by atoms with Gasteiger partial charge in [0.05, 0.1) is 11.8 Å². The summed E-state index contributed by atoms with van der Waals surface area (Å²) in [6.07, 6.45) is -9.15. The molecule has 2 unspecified atom stereocenters. The maximum absolute atomic E-state index is 13.3. The van der Waals surface area contributed by atoms with Crippen LogP contribution in [0.15, 0.2) is 0 Å². The van der Waals surface area contributed by atoms with Crippen molar-refractivity contribution >= 4 is 8.56 Å². The Morgan fingerprint density at radius 1 is 0.652 bits per heavy atom. The van der Waals surface area contributed by atoms with Gasteiger partial charge >= 0.3 is 20.9 Å². The molecular weight excluding hydrogens is 342 g/mol. The maximum Gasteiger partial charge on any atom is 0.391 e. The van der Waals surface area contributed by atoms with E-state index in [0.717, 1.165) is 28.1 Å². The second kappa shape index (κ2) is 6.55. The molecule has 0 aromatic rings. The number of rotatable bonds is 6. The molecule has 0 fully saturated rings. The summed E-state index contributed by atoms with van der Waals surface area (Å²) >= 11 is 0. The monoisotopic (exact) mass is 368 g/mol. The second-order valence-electron chi connectivity index (χ2n) is 6.99. The molecule has 140 valence electrons. The van der Waals surface area contributed by atoms with E-state index < -0.39 is 42.8 Å². The van der Waals surface area contributed by atoms with Crippen LogP contribution >= 0.6 is 0 Å². The van der Waals surface area contributed by atoms with E-state index in [1.807, 2.05) is 0 Å². The van der Waals surface area contributed by atoms with Gasteiger partial charge in [-0.3, -0.25) is 0 Å². The summed E-state index contributed by atoms with van der Waals surface area (Å²) in [5.41, 5.74) is 0. The van der Waals surface area contributed by atoms with Crippen LogP contribution in [0.4, 0.5) is 26.3 Å². The standard InChI is InChI=1S/C14H26F6O2Si/c1-9(13(15,16)17)11(3,4)23(21-7,22-8)12(5,6)10(2)14(18,19)20/h9-10H,1-8H3. The Labute approximate surface area is 134 Å². The summed E-state index contributed by atoms with van der Waals surface area (Å²) in [6.45, 7) is 7.00. The molecule has 2 atom stereocenters. The molecular formula is C14H26F6O2Si. The van der Waals surface area contributed by atoms with Crippen LogP contribution in [0.3, 0.4) is 0 Å². The molecule has 2 nitrogen and oxygen atoms in total.